The van der Waals surface area contributed by atoms with Crippen LogP contribution < -0.4 is 10.2 Å². The van der Waals surface area contributed by atoms with Gasteiger partial charge in [-0.2, -0.15) is 0 Å². The number of fused-ring (bicyclic) bond motifs is 3. The summed E-state index contributed by atoms with van der Waals surface area (Å²) in [6, 6.07) is 6.13. The van der Waals surface area contributed by atoms with Gasteiger partial charge in [0.25, 0.3) is 0 Å². The van der Waals surface area contributed by atoms with Crippen molar-refractivity contribution in [1.29, 1.82) is 0 Å². The highest BCUT2D eigenvalue weighted by Gasteiger charge is 2.46. The third-order valence-electron chi connectivity index (χ3n) is 6.10. The molecular formula is C19H21ClN4O. The lowest BCUT2D eigenvalue weighted by Crippen LogP contribution is -2.33. The van der Waals surface area contributed by atoms with Crippen molar-refractivity contribution in [3.8, 4) is 0 Å². The zero-order chi connectivity index (χ0) is 17.2. The van der Waals surface area contributed by atoms with Gasteiger partial charge in [-0.3, -0.25) is 0 Å². The van der Waals surface area contributed by atoms with E-state index in [0.29, 0.717) is 5.92 Å². The fraction of sp³-hybridized carbons (Fsp3) is 0.474. The predicted octanol–water partition coefficient (Wildman–Crippen LogP) is 3.24. The summed E-state index contributed by atoms with van der Waals surface area (Å²) in [5.74, 6) is 1.29. The summed E-state index contributed by atoms with van der Waals surface area (Å²) in [4.78, 5) is 11.3. The number of anilines is 2. The number of benzene rings is 1. The van der Waals surface area contributed by atoms with Crippen molar-refractivity contribution < 1.29 is 5.11 Å². The monoisotopic (exact) mass is 356 g/mol. The van der Waals surface area contributed by atoms with Crippen LogP contribution >= 0.6 is 11.6 Å². The highest BCUT2D eigenvalue weighted by molar-refractivity contribution is 6.30. The Bertz CT molecular complexity index is 857. The number of hydrogen-bond acceptors (Lipinski definition) is 5. The Labute approximate surface area is 152 Å². The molecule has 1 fully saturated rings. The molecule has 3 heterocycles. The standard InChI is InChI=1S/C19H21ClN4O/c1-11-6-15(25)17-16(11)18(23-10-22-17)24-5-4-19(9-24)8-21-14-3-2-12(20)7-13(14)19/h2-3,7,10-11,15,21,25H,4-6,8-9H2,1H3/t11-,15-,19?/m1/s1. The van der Waals surface area contributed by atoms with E-state index in [1.165, 1.54) is 11.3 Å². The number of nitrogens with zero attached hydrogens (tertiary/aromatic N) is 3. The number of nitrogens with one attached hydrogen (secondary N) is 1. The van der Waals surface area contributed by atoms with Gasteiger partial charge < -0.3 is 15.3 Å². The molecule has 1 saturated heterocycles. The molecule has 130 valence electrons. The first-order valence-electron chi connectivity index (χ1n) is 8.89. The first-order chi connectivity index (χ1) is 12.1. The van der Waals surface area contributed by atoms with Gasteiger partial charge in [0.1, 0.15) is 12.1 Å². The zero-order valence-electron chi connectivity index (χ0n) is 14.2. The fourth-order valence-electron chi connectivity index (χ4n) is 4.84. The second kappa shape index (κ2) is 5.32. The SMILES string of the molecule is C[C@@H]1C[C@@H](O)c2ncnc(N3CCC4(CNc5ccc(Cl)cc54)C3)c21. The lowest BCUT2D eigenvalue weighted by atomic mass is 9.81. The van der Waals surface area contributed by atoms with Gasteiger partial charge in [-0.1, -0.05) is 18.5 Å². The number of halogens is 1. The van der Waals surface area contributed by atoms with Gasteiger partial charge in [0, 0.05) is 41.3 Å². The second-order valence-electron chi connectivity index (χ2n) is 7.64. The number of rotatable bonds is 1. The van der Waals surface area contributed by atoms with Crippen LogP contribution in [0.4, 0.5) is 11.5 Å². The van der Waals surface area contributed by atoms with Crippen molar-refractivity contribution in [3.63, 3.8) is 0 Å². The van der Waals surface area contributed by atoms with Gasteiger partial charge in [0.15, 0.2) is 0 Å². The van der Waals surface area contributed by atoms with Crippen LogP contribution in [0.15, 0.2) is 24.5 Å². The molecule has 3 atom stereocenters. The predicted molar refractivity (Wildman–Crippen MR) is 98.5 cm³/mol. The molecule has 3 aliphatic rings. The molecule has 0 amide bonds. The summed E-state index contributed by atoms with van der Waals surface area (Å²) in [7, 11) is 0. The molecule has 1 unspecified atom stereocenters. The van der Waals surface area contributed by atoms with Crippen LogP contribution in [-0.2, 0) is 5.41 Å². The van der Waals surface area contributed by atoms with E-state index in [4.69, 9.17) is 11.6 Å². The molecule has 0 saturated carbocycles. The van der Waals surface area contributed by atoms with Crippen LogP contribution in [0.1, 0.15) is 48.6 Å². The summed E-state index contributed by atoms with van der Waals surface area (Å²) in [6.07, 6.45) is 2.94. The van der Waals surface area contributed by atoms with E-state index in [1.54, 1.807) is 6.33 Å². The van der Waals surface area contributed by atoms with Crippen molar-refractivity contribution in [3.05, 3.63) is 46.4 Å². The van der Waals surface area contributed by atoms with Crippen molar-refractivity contribution in [2.24, 2.45) is 0 Å². The number of hydrogen-bond donors (Lipinski definition) is 2. The van der Waals surface area contributed by atoms with Gasteiger partial charge in [0.2, 0.25) is 0 Å². The summed E-state index contributed by atoms with van der Waals surface area (Å²) < 4.78 is 0. The van der Waals surface area contributed by atoms with E-state index in [2.05, 4.69) is 39.2 Å². The van der Waals surface area contributed by atoms with E-state index < -0.39 is 6.10 Å². The van der Waals surface area contributed by atoms with Gasteiger partial charge in [-0.05, 0) is 42.5 Å². The normalized spacial score (nSPS) is 29.8. The molecule has 1 aromatic carbocycles. The molecule has 1 spiro atoms. The van der Waals surface area contributed by atoms with Crippen molar-refractivity contribution >= 4 is 23.1 Å². The number of aliphatic hydroxyl groups is 1. The molecule has 5 nitrogen and oxygen atoms in total. The maximum atomic E-state index is 10.3. The fourth-order valence-corrected chi connectivity index (χ4v) is 5.01. The lowest BCUT2D eigenvalue weighted by Gasteiger charge is -2.26. The molecule has 2 N–H and O–H groups in total. The Morgan fingerprint density at radius 1 is 1.36 bits per heavy atom. The third kappa shape index (κ3) is 2.19. The lowest BCUT2D eigenvalue weighted by molar-refractivity contribution is 0.170. The molecule has 0 bridgehead atoms. The zero-order valence-corrected chi connectivity index (χ0v) is 14.9. The highest BCUT2D eigenvalue weighted by atomic mass is 35.5. The van der Waals surface area contributed by atoms with Gasteiger partial charge in [-0.15, -0.1) is 0 Å². The Morgan fingerprint density at radius 2 is 2.24 bits per heavy atom. The van der Waals surface area contributed by atoms with E-state index in [1.807, 2.05) is 6.07 Å². The van der Waals surface area contributed by atoms with Crippen molar-refractivity contribution in [1.82, 2.24) is 9.97 Å². The van der Waals surface area contributed by atoms with Crippen LogP contribution in [0, 0.1) is 0 Å². The molecule has 25 heavy (non-hydrogen) atoms. The van der Waals surface area contributed by atoms with E-state index in [-0.39, 0.29) is 5.41 Å². The largest absolute Gasteiger partial charge is 0.387 e. The molecule has 1 aliphatic carbocycles. The minimum absolute atomic E-state index is 0.0819. The summed E-state index contributed by atoms with van der Waals surface area (Å²) >= 11 is 6.26. The topological polar surface area (TPSA) is 61.3 Å². The maximum Gasteiger partial charge on any atom is 0.135 e. The van der Waals surface area contributed by atoms with Crippen LogP contribution in [0.3, 0.4) is 0 Å². The highest BCUT2D eigenvalue weighted by Crippen LogP contribution is 2.48. The Balaban J connectivity index is 1.52. The smallest absolute Gasteiger partial charge is 0.135 e. The molecule has 5 rings (SSSR count). The van der Waals surface area contributed by atoms with E-state index in [0.717, 1.165) is 54.6 Å². The molecule has 0 radical (unpaired) electrons. The Kier molecular flexibility index (Phi) is 3.28. The van der Waals surface area contributed by atoms with Gasteiger partial charge in [-0.25, -0.2) is 9.97 Å². The summed E-state index contributed by atoms with van der Waals surface area (Å²) in [5.41, 5.74) is 4.54. The minimum Gasteiger partial charge on any atom is -0.387 e. The van der Waals surface area contributed by atoms with Gasteiger partial charge in [0.05, 0.1) is 11.8 Å². The Hall–Kier alpha value is -1.85. The molecular weight excluding hydrogens is 336 g/mol. The molecule has 1 aromatic heterocycles. The number of aliphatic hydroxyl groups excluding tert-OH is 1. The van der Waals surface area contributed by atoms with Crippen LogP contribution in [0.25, 0.3) is 0 Å². The summed E-state index contributed by atoms with van der Waals surface area (Å²) in [5, 5.41) is 14.6. The van der Waals surface area contributed by atoms with E-state index >= 15 is 0 Å². The first kappa shape index (κ1) is 15.4. The average Bonchev–Trinajstić information content (AvgIpc) is 3.27. The molecule has 6 heteroatoms. The van der Waals surface area contributed by atoms with Crippen LogP contribution in [0.2, 0.25) is 5.02 Å². The van der Waals surface area contributed by atoms with Crippen LogP contribution in [-0.4, -0.2) is 34.7 Å². The maximum absolute atomic E-state index is 10.3. The van der Waals surface area contributed by atoms with Crippen LogP contribution in [0.5, 0.6) is 0 Å². The molecule has 2 aromatic rings. The first-order valence-corrected chi connectivity index (χ1v) is 9.27. The number of aromatic nitrogens is 2. The molecule has 2 aliphatic heterocycles. The second-order valence-corrected chi connectivity index (χ2v) is 8.08. The van der Waals surface area contributed by atoms with Crippen molar-refractivity contribution in [2.75, 3.05) is 29.9 Å². The average molecular weight is 357 g/mol. The summed E-state index contributed by atoms with van der Waals surface area (Å²) in [6.45, 7) is 4.96. The quantitative estimate of drug-likeness (QED) is 0.821. The Morgan fingerprint density at radius 3 is 3.12 bits per heavy atom. The van der Waals surface area contributed by atoms with Gasteiger partial charge >= 0.3 is 0 Å². The third-order valence-corrected chi connectivity index (χ3v) is 6.34. The van der Waals surface area contributed by atoms with Crippen molar-refractivity contribution in [2.45, 2.75) is 37.2 Å². The minimum atomic E-state index is -0.462. The van der Waals surface area contributed by atoms with E-state index in [9.17, 15) is 5.11 Å².